The maximum Gasteiger partial charge on any atom is 0.272 e. The van der Waals surface area contributed by atoms with Crippen LogP contribution in [0.4, 0.5) is 0 Å². The highest BCUT2D eigenvalue weighted by molar-refractivity contribution is 7.03. The first kappa shape index (κ1) is 12.0. The third-order valence-electron chi connectivity index (χ3n) is 3.49. The third-order valence-corrected chi connectivity index (χ3v) is 3.99. The number of ether oxygens (including phenoxy) is 2. The molecule has 1 aromatic heterocycles. The lowest BCUT2D eigenvalue weighted by Gasteiger charge is -2.35. The van der Waals surface area contributed by atoms with Gasteiger partial charge in [-0.25, -0.2) is 0 Å². The molecule has 7 heteroatoms. The smallest absolute Gasteiger partial charge is 0.272 e. The number of nitrogens with zero attached hydrogens (tertiary/aromatic N) is 2. The monoisotopic (exact) mass is 269 g/mol. The van der Waals surface area contributed by atoms with Crippen molar-refractivity contribution in [3.05, 3.63) is 11.1 Å². The summed E-state index contributed by atoms with van der Waals surface area (Å²) >= 11 is 1.18. The highest BCUT2D eigenvalue weighted by Gasteiger charge is 2.40. The minimum atomic E-state index is -0.372. The van der Waals surface area contributed by atoms with Crippen molar-refractivity contribution in [2.24, 2.45) is 0 Å². The van der Waals surface area contributed by atoms with Crippen LogP contribution in [0.1, 0.15) is 36.2 Å². The summed E-state index contributed by atoms with van der Waals surface area (Å²) in [7, 11) is 0. The fourth-order valence-electron chi connectivity index (χ4n) is 2.51. The molecule has 1 aliphatic heterocycles. The first-order chi connectivity index (χ1) is 8.77. The molecule has 1 aromatic rings. The van der Waals surface area contributed by atoms with Gasteiger partial charge >= 0.3 is 0 Å². The quantitative estimate of drug-likeness (QED) is 0.865. The Balaban J connectivity index is 1.52. The molecule has 1 N–H and O–H groups in total. The van der Waals surface area contributed by atoms with Crippen molar-refractivity contribution < 1.29 is 14.3 Å². The SMILES string of the molecule is O=C(NC1CCC2(CC1)OCCO2)c1csnn1. The number of hydrogen-bond acceptors (Lipinski definition) is 6. The van der Waals surface area contributed by atoms with Crippen LogP contribution in [-0.2, 0) is 9.47 Å². The number of rotatable bonds is 2. The van der Waals surface area contributed by atoms with E-state index in [9.17, 15) is 4.79 Å². The molecule has 0 atom stereocenters. The Morgan fingerprint density at radius 3 is 2.72 bits per heavy atom. The molecule has 1 aliphatic carbocycles. The highest BCUT2D eigenvalue weighted by atomic mass is 32.1. The molecule has 2 fully saturated rings. The van der Waals surface area contributed by atoms with Crippen LogP contribution in [0.15, 0.2) is 5.38 Å². The zero-order valence-corrected chi connectivity index (χ0v) is 10.7. The van der Waals surface area contributed by atoms with E-state index in [1.807, 2.05) is 0 Å². The van der Waals surface area contributed by atoms with Gasteiger partial charge in [0.1, 0.15) is 0 Å². The average Bonchev–Trinajstić information content (AvgIpc) is 3.04. The van der Waals surface area contributed by atoms with Gasteiger partial charge in [-0.05, 0) is 24.4 Å². The summed E-state index contributed by atoms with van der Waals surface area (Å²) in [5.74, 6) is -0.512. The molecule has 18 heavy (non-hydrogen) atoms. The molecule has 2 aliphatic rings. The zero-order valence-electron chi connectivity index (χ0n) is 9.92. The first-order valence-electron chi connectivity index (χ1n) is 6.13. The van der Waals surface area contributed by atoms with E-state index in [0.29, 0.717) is 18.9 Å². The van der Waals surface area contributed by atoms with Crippen molar-refractivity contribution in [3.63, 3.8) is 0 Å². The predicted molar refractivity (Wildman–Crippen MR) is 64.3 cm³/mol. The van der Waals surface area contributed by atoms with Gasteiger partial charge in [0, 0.05) is 24.3 Å². The number of hydrogen-bond donors (Lipinski definition) is 1. The summed E-state index contributed by atoms with van der Waals surface area (Å²) in [6.07, 6.45) is 3.44. The van der Waals surface area contributed by atoms with Gasteiger partial charge in [-0.1, -0.05) is 4.49 Å². The van der Waals surface area contributed by atoms with Gasteiger partial charge in [-0.2, -0.15) is 0 Å². The lowest BCUT2D eigenvalue weighted by atomic mass is 9.90. The second kappa shape index (κ2) is 4.91. The number of nitrogens with one attached hydrogen (secondary N) is 1. The number of amides is 1. The van der Waals surface area contributed by atoms with Gasteiger partial charge in [0.25, 0.3) is 5.91 Å². The average molecular weight is 269 g/mol. The molecule has 98 valence electrons. The second-order valence-electron chi connectivity index (χ2n) is 4.65. The van der Waals surface area contributed by atoms with E-state index in [1.165, 1.54) is 11.5 Å². The summed E-state index contributed by atoms with van der Waals surface area (Å²) in [5, 5.41) is 8.40. The molecule has 1 saturated heterocycles. The largest absolute Gasteiger partial charge is 0.348 e. The minimum Gasteiger partial charge on any atom is -0.348 e. The molecule has 1 spiro atoms. The van der Waals surface area contributed by atoms with Crippen molar-refractivity contribution in [1.82, 2.24) is 14.9 Å². The van der Waals surface area contributed by atoms with Gasteiger partial charge in [-0.3, -0.25) is 4.79 Å². The van der Waals surface area contributed by atoms with Crippen LogP contribution < -0.4 is 5.32 Å². The van der Waals surface area contributed by atoms with E-state index >= 15 is 0 Å². The van der Waals surface area contributed by atoms with Crippen molar-refractivity contribution in [2.45, 2.75) is 37.5 Å². The van der Waals surface area contributed by atoms with Crippen LogP contribution in [-0.4, -0.2) is 40.5 Å². The van der Waals surface area contributed by atoms with Gasteiger partial charge in [-0.15, -0.1) is 5.10 Å². The van der Waals surface area contributed by atoms with Crippen LogP contribution in [0, 0.1) is 0 Å². The maximum absolute atomic E-state index is 11.8. The van der Waals surface area contributed by atoms with E-state index in [4.69, 9.17) is 9.47 Å². The van der Waals surface area contributed by atoms with Crippen LogP contribution in [0.2, 0.25) is 0 Å². The molecule has 1 amide bonds. The van der Waals surface area contributed by atoms with E-state index in [-0.39, 0.29) is 17.7 Å². The second-order valence-corrected chi connectivity index (χ2v) is 5.26. The number of carbonyl (C=O) groups excluding carboxylic acids is 1. The van der Waals surface area contributed by atoms with Crippen LogP contribution in [0.3, 0.4) is 0 Å². The van der Waals surface area contributed by atoms with E-state index < -0.39 is 0 Å². The molecule has 0 unspecified atom stereocenters. The number of aromatic nitrogens is 2. The highest BCUT2D eigenvalue weighted by Crippen LogP contribution is 2.35. The Kier molecular flexibility index (Phi) is 3.27. The first-order valence-corrected chi connectivity index (χ1v) is 6.97. The summed E-state index contributed by atoms with van der Waals surface area (Å²) in [5.41, 5.74) is 0.397. The van der Waals surface area contributed by atoms with Gasteiger partial charge in [0.15, 0.2) is 11.5 Å². The molecule has 2 heterocycles. The Morgan fingerprint density at radius 2 is 2.11 bits per heavy atom. The zero-order chi connectivity index (χ0) is 12.4. The van der Waals surface area contributed by atoms with Gasteiger partial charge < -0.3 is 14.8 Å². The molecule has 1 saturated carbocycles. The van der Waals surface area contributed by atoms with Crippen LogP contribution in [0.25, 0.3) is 0 Å². The molecule has 0 bridgehead atoms. The Bertz CT molecular complexity index is 407. The van der Waals surface area contributed by atoms with Crippen molar-refractivity contribution in [3.8, 4) is 0 Å². The fourth-order valence-corrected chi connectivity index (χ4v) is 2.95. The molecular weight excluding hydrogens is 254 g/mol. The minimum absolute atomic E-state index is 0.141. The Hall–Kier alpha value is -1.05. The normalized spacial score (nSPS) is 23.3. The third kappa shape index (κ3) is 2.38. The fraction of sp³-hybridized carbons (Fsp3) is 0.727. The van der Waals surface area contributed by atoms with Crippen molar-refractivity contribution >= 4 is 17.4 Å². The van der Waals surface area contributed by atoms with Crippen LogP contribution in [0.5, 0.6) is 0 Å². The molecule has 0 radical (unpaired) electrons. The molecule has 6 nitrogen and oxygen atoms in total. The Labute approximate surface area is 109 Å². The summed E-state index contributed by atoms with van der Waals surface area (Å²) in [6, 6.07) is 0.178. The van der Waals surface area contributed by atoms with E-state index in [0.717, 1.165) is 25.7 Å². The van der Waals surface area contributed by atoms with E-state index in [1.54, 1.807) is 5.38 Å². The standard InChI is InChI=1S/C11H15N3O3S/c15-10(9-7-18-14-13-9)12-8-1-3-11(4-2-8)16-5-6-17-11/h7-8H,1-6H2,(H,12,15). The van der Waals surface area contributed by atoms with Gasteiger partial charge in [0.2, 0.25) is 0 Å². The predicted octanol–water partition coefficient (Wildman–Crippen LogP) is 0.954. The molecule has 3 rings (SSSR count). The lowest BCUT2D eigenvalue weighted by Crippen LogP contribution is -2.44. The van der Waals surface area contributed by atoms with Crippen LogP contribution >= 0.6 is 11.5 Å². The lowest BCUT2D eigenvalue weighted by molar-refractivity contribution is -0.179. The topological polar surface area (TPSA) is 73.3 Å². The summed E-state index contributed by atoms with van der Waals surface area (Å²) < 4.78 is 15.0. The summed E-state index contributed by atoms with van der Waals surface area (Å²) in [6.45, 7) is 1.36. The van der Waals surface area contributed by atoms with Gasteiger partial charge in [0.05, 0.1) is 13.2 Å². The van der Waals surface area contributed by atoms with E-state index in [2.05, 4.69) is 14.9 Å². The number of carbonyl (C=O) groups is 1. The summed E-state index contributed by atoms with van der Waals surface area (Å²) in [4.78, 5) is 11.8. The van der Waals surface area contributed by atoms with Crippen molar-refractivity contribution in [2.75, 3.05) is 13.2 Å². The van der Waals surface area contributed by atoms with Crippen molar-refractivity contribution in [1.29, 1.82) is 0 Å². The Morgan fingerprint density at radius 1 is 1.39 bits per heavy atom. The maximum atomic E-state index is 11.8. The molecular formula is C11H15N3O3S. The molecule has 0 aromatic carbocycles.